The summed E-state index contributed by atoms with van der Waals surface area (Å²) in [6.07, 6.45) is -3.26. The summed E-state index contributed by atoms with van der Waals surface area (Å²) in [5, 5.41) is 22.7. The number of nitrogens with two attached hydrogens (primary N) is 1. The number of halogens is 6. The number of carbonyl (C=O) groups is 4. The van der Waals surface area contributed by atoms with Crippen molar-refractivity contribution in [1.82, 2.24) is 20.1 Å². The van der Waals surface area contributed by atoms with E-state index in [9.17, 15) is 41.4 Å². The molecule has 0 spiro atoms. The van der Waals surface area contributed by atoms with Crippen LogP contribution in [-0.2, 0) is 30.5 Å². The smallest absolute Gasteiger partial charge is 0.475 e. The summed E-state index contributed by atoms with van der Waals surface area (Å²) in [5.74, 6) is -5.08. The third-order valence-corrected chi connectivity index (χ3v) is 8.24. The molecule has 18 heteroatoms. The van der Waals surface area contributed by atoms with Crippen LogP contribution in [0.1, 0.15) is 44.5 Å². The van der Waals surface area contributed by atoms with E-state index in [1.54, 1.807) is 12.3 Å². The zero-order valence-electron chi connectivity index (χ0n) is 30.0. The maximum Gasteiger partial charge on any atom is 0.490 e. The fraction of sp³-hybridized carbons (Fsp3) is 0.444. The summed E-state index contributed by atoms with van der Waals surface area (Å²) in [4.78, 5) is 47.7. The van der Waals surface area contributed by atoms with E-state index in [-0.39, 0.29) is 49.5 Å². The Morgan fingerprint density at radius 3 is 2.15 bits per heavy atom. The van der Waals surface area contributed by atoms with Gasteiger partial charge in [0.2, 0.25) is 17.7 Å². The number of benzene rings is 2. The monoisotopic (exact) mass is 833 g/mol. The van der Waals surface area contributed by atoms with Crippen molar-refractivity contribution in [1.29, 1.82) is 0 Å². The summed E-state index contributed by atoms with van der Waals surface area (Å²) in [5.41, 5.74) is 7.73. The summed E-state index contributed by atoms with van der Waals surface area (Å²) >= 11 is 3.06. The van der Waals surface area contributed by atoms with Crippen LogP contribution in [0.15, 0.2) is 60.8 Å². The van der Waals surface area contributed by atoms with Gasteiger partial charge in [0.05, 0.1) is 30.6 Å². The van der Waals surface area contributed by atoms with Crippen molar-refractivity contribution in [2.75, 3.05) is 44.8 Å². The lowest BCUT2D eigenvalue weighted by molar-refractivity contribution is -0.192. The largest absolute Gasteiger partial charge is 0.490 e. The molecule has 12 nitrogen and oxygen atoms in total. The first kappa shape index (κ1) is 45.8. The number of hydrogen-bond acceptors (Lipinski definition) is 7. The third kappa shape index (κ3) is 14.8. The van der Waals surface area contributed by atoms with Crippen LogP contribution in [0.25, 0.3) is 11.1 Å². The van der Waals surface area contributed by atoms with E-state index in [2.05, 4.69) is 26.6 Å². The highest BCUT2D eigenvalue weighted by molar-refractivity contribution is 9.09. The average molecular weight is 835 g/mol. The van der Waals surface area contributed by atoms with E-state index in [0.29, 0.717) is 24.3 Å². The van der Waals surface area contributed by atoms with Gasteiger partial charge in [-0.05, 0) is 41.7 Å². The highest BCUT2D eigenvalue weighted by Crippen LogP contribution is 2.41. The van der Waals surface area contributed by atoms with Crippen LogP contribution in [0.2, 0.25) is 0 Å². The van der Waals surface area contributed by atoms with Gasteiger partial charge in [0, 0.05) is 49.2 Å². The molecule has 6 N–H and O–H groups in total. The van der Waals surface area contributed by atoms with Crippen LogP contribution in [0, 0.1) is 17.0 Å². The Morgan fingerprint density at radius 1 is 0.981 bits per heavy atom. The number of hydrogen-bond donors (Lipinski definition) is 5. The second-order valence-electron chi connectivity index (χ2n) is 13.0. The van der Waals surface area contributed by atoms with Crippen molar-refractivity contribution in [2.45, 2.75) is 52.0 Å². The molecule has 0 saturated carbocycles. The molecule has 0 aliphatic rings. The predicted molar refractivity (Wildman–Crippen MR) is 193 cm³/mol. The lowest BCUT2D eigenvalue weighted by Crippen LogP contribution is -2.48. The number of nitrogens with one attached hydrogen (secondary N) is 2. The Hall–Kier alpha value is -4.39. The van der Waals surface area contributed by atoms with E-state index in [4.69, 9.17) is 20.4 Å². The van der Waals surface area contributed by atoms with Crippen molar-refractivity contribution >= 4 is 39.6 Å². The lowest BCUT2D eigenvalue weighted by atomic mass is 9.82. The van der Waals surface area contributed by atoms with E-state index >= 15 is 0 Å². The first-order valence-electron chi connectivity index (χ1n) is 16.6. The number of carboxylic acids is 1. The number of aliphatic hydroxyl groups excluding tert-OH is 1. The van der Waals surface area contributed by atoms with Gasteiger partial charge in [-0.25, -0.2) is 13.6 Å². The minimum atomic E-state index is -5.08. The van der Waals surface area contributed by atoms with Crippen molar-refractivity contribution < 1.29 is 56.1 Å². The van der Waals surface area contributed by atoms with Gasteiger partial charge in [0.15, 0.2) is 0 Å². The first-order chi connectivity index (χ1) is 25.3. The van der Waals surface area contributed by atoms with E-state index in [1.165, 1.54) is 4.90 Å². The van der Waals surface area contributed by atoms with Gasteiger partial charge in [-0.3, -0.25) is 14.4 Å². The van der Waals surface area contributed by atoms with Crippen LogP contribution < -0.4 is 16.4 Å². The average Bonchev–Trinajstić information content (AvgIpc) is 3.51. The summed E-state index contributed by atoms with van der Waals surface area (Å²) in [6, 6.07) is 13.0. The van der Waals surface area contributed by atoms with Gasteiger partial charge in [-0.1, -0.05) is 67.0 Å². The predicted octanol–water partition coefficient (Wildman–Crippen LogP) is 4.38. The molecule has 0 fully saturated rings. The molecule has 0 bridgehead atoms. The number of carbonyl (C=O) groups excluding carboxylic acids is 3. The van der Waals surface area contributed by atoms with E-state index < -0.39 is 59.7 Å². The molecule has 0 radical (unpaired) electrons. The number of aliphatic hydroxyl groups is 1. The van der Waals surface area contributed by atoms with Crippen molar-refractivity contribution in [3.63, 3.8) is 0 Å². The molecule has 3 amide bonds. The maximum atomic E-state index is 14.9. The number of aliphatic carboxylic acids is 1. The van der Waals surface area contributed by atoms with Crippen molar-refractivity contribution in [2.24, 2.45) is 11.1 Å². The molecule has 0 aliphatic heterocycles. The Kier molecular flexibility index (Phi) is 18.2. The molecule has 298 valence electrons. The van der Waals surface area contributed by atoms with Gasteiger partial charge in [0.1, 0.15) is 18.2 Å². The first-order valence-corrected chi connectivity index (χ1v) is 17.8. The van der Waals surface area contributed by atoms with Crippen LogP contribution in [-0.4, -0.2) is 100 Å². The fourth-order valence-electron chi connectivity index (χ4n) is 5.30. The molecular weight excluding hydrogens is 789 g/mol. The van der Waals surface area contributed by atoms with Crippen LogP contribution in [0.4, 0.5) is 22.0 Å². The number of carboxylic acid groups (broad SMARTS) is 1. The zero-order chi connectivity index (χ0) is 40.6. The van der Waals surface area contributed by atoms with Gasteiger partial charge in [0.25, 0.3) is 0 Å². The van der Waals surface area contributed by atoms with Gasteiger partial charge < -0.3 is 40.8 Å². The van der Waals surface area contributed by atoms with Gasteiger partial charge in [-0.15, -0.1) is 0 Å². The van der Waals surface area contributed by atoms with Crippen LogP contribution in [0.5, 0.6) is 0 Å². The standard InChI is InChI=1S/C34H44BrF2N5O5.C2HF3O2/c1-34(2,3)32(42(31(45)22-43)14-11-28(38)33(46)40-13-16-47-15-12-39-30(44)19-35)29-17-24(26-18-25(36)9-10-27(26)37)21-41(29)20-23-7-5-4-6-8-23;3-2(4,5)1(6)7/h4-10,17-18,21,28,32,43H,11-16,19-20,22,38H2,1-3H3,(H,39,44)(H,40,46);(H,6,7)/t28-,32-;/m0./s1. The second-order valence-corrected chi connectivity index (χ2v) is 13.6. The normalized spacial score (nSPS) is 12.6. The molecule has 0 unspecified atom stereocenters. The second kappa shape index (κ2) is 21.5. The number of rotatable bonds is 17. The molecule has 0 aliphatic carbocycles. The molecule has 1 aromatic heterocycles. The van der Waals surface area contributed by atoms with Crippen molar-refractivity contribution in [3.8, 4) is 11.1 Å². The molecule has 1 heterocycles. The van der Waals surface area contributed by atoms with Crippen LogP contribution in [0.3, 0.4) is 0 Å². The van der Waals surface area contributed by atoms with E-state index in [1.807, 2.05) is 55.7 Å². The highest BCUT2D eigenvalue weighted by atomic mass is 79.9. The highest BCUT2D eigenvalue weighted by Gasteiger charge is 2.39. The van der Waals surface area contributed by atoms with Crippen molar-refractivity contribution in [3.05, 3.63) is 83.7 Å². The quantitative estimate of drug-likeness (QED) is 0.0757. The maximum absolute atomic E-state index is 14.9. The Morgan fingerprint density at radius 2 is 1.59 bits per heavy atom. The topological polar surface area (TPSA) is 176 Å². The SMILES string of the molecule is CC(C)(C)[C@H](c1cc(-c2cc(F)ccc2F)cn1Cc1ccccc1)N(CC[C@H](N)C(=O)NCCOCCNC(=O)CBr)C(=O)CO.O=C(O)C(F)(F)F. The third-order valence-electron chi connectivity index (χ3n) is 7.73. The fourth-order valence-corrected chi connectivity index (χ4v) is 5.50. The Labute approximate surface area is 318 Å². The van der Waals surface area contributed by atoms with Gasteiger partial charge in [-0.2, -0.15) is 13.2 Å². The van der Waals surface area contributed by atoms with E-state index in [0.717, 1.165) is 23.8 Å². The number of alkyl halides is 4. The number of nitrogens with zero attached hydrogens (tertiary/aromatic N) is 2. The summed E-state index contributed by atoms with van der Waals surface area (Å²) in [6.45, 7) is 6.52. The molecule has 3 aromatic rings. The molecule has 0 saturated heterocycles. The van der Waals surface area contributed by atoms with Crippen LogP contribution >= 0.6 is 15.9 Å². The minimum Gasteiger partial charge on any atom is -0.475 e. The molecule has 2 aromatic carbocycles. The van der Waals surface area contributed by atoms with Gasteiger partial charge >= 0.3 is 12.1 Å². The molecule has 2 atom stereocenters. The Bertz CT molecular complexity index is 1690. The molecular formula is C36H45BrF5N5O7. The number of amides is 3. The summed E-state index contributed by atoms with van der Waals surface area (Å²) in [7, 11) is 0. The summed E-state index contributed by atoms with van der Waals surface area (Å²) < 4.78 is 68.2. The molecule has 54 heavy (non-hydrogen) atoms. The number of ether oxygens (including phenoxy) is 1. The Balaban J connectivity index is 0.00000131. The number of aromatic nitrogens is 1. The zero-order valence-corrected chi connectivity index (χ0v) is 31.6. The molecule has 3 rings (SSSR count). The lowest BCUT2D eigenvalue weighted by Gasteiger charge is -2.41. The minimum absolute atomic E-state index is 0.0415.